The van der Waals surface area contributed by atoms with E-state index in [9.17, 15) is 9.90 Å². The second-order valence-electron chi connectivity index (χ2n) is 8.12. The third-order valence-corrected chi connectivity index (χ3v) is 6.86. The molecule has 4 nitrogen and oxygen atoms in total. The molecule has 4 bridgehead atoms. The first-order valence-electron chi connectivity index (χ1n) is 9.63. The lowest BCUT2D eigenvalue weighted by Crippen LogP contribution is -2.40. The number of phenols is 1. The predicted molar refractivity (Wildman–Crippen MR) is 105 cm³/mol. The van der Waals surface area contributed by atoms with Gasteiger partial charge in [-0.25, -0.2) is 0 Å². The van der Waals surface area contributed by atoms with Crippen molar-refractivity contribution in [3.8, 4) is 5.75 Å². The minimum absolute atomic E-state index is 0.0740. The van der Waals surface area contributed by atoms with Crippen molar-refractivity contribution in [2.75, 3.05) is 13.7 Å². The first kappa shape index (κ1) is 18.6. The lowest BCUT2D eigenvalue weighted by Gasteiger charge is -2.51. The molecule has 4 aliphatic carbocycles. The van der Waals surface area contributed by atoms with Gasteiger partial charge in [0.05, 0.1) is 12.1 Å². The molecular formula is C22H25ClO4. The zero-order valence-electron chi connectivity index (χ0n) is 15.5. The van der Waals surface area contributed by atoms with E-state index in [1.807, 2.05) is 6.07 Å². The monoisotopic (exact) mass is 388 g/mol. The third-order valence-electron chi connectivity index (χ3n) is 6.48. The number of carbonyl (C=O) groups is 1. The Balaban J connectivity index is 1.72. The van der Waals surface area contributed by atoms with Crippen LogP contribution in [0.25, 0.3) is 11.8 Å². The first-order valence-corrected chi connectivity index (χ1v) is 10.0. The average Bonchev–Trinajstić information content (AvgIpc) is 2.65. The van der Waals surface area contributed by atoms with Crippen LogP contribution >= 0.6 is 11.6 Å². The number of aliphatic hydroxyl groups excluding tert-OH is 1. The van der Waals surface area contributed by atoms with Crippen molar-refractivity contribution in [2.24, 2.45) is 23.7 Å². The van der Waals surface area contributed by atoms with Gasteiger partial charge in [0.1, 0.15) is 18.1 Å². The molecule has 4 aliphatic rings. The molecule has 1 aromatic carbocycles. The standard InChI is InChI=1S/C22H25ClO4/c1-27-22(19-15-7-12-6-13(9-15)10-16(19)8-12)18-5-3-14(21(26)20(18)23)2-4-17(25)11-24/h2-5,12-13,15-16,24,26H,6-11H2,1H3/b4-2+,22-19?. The molecule has 0 spiro atoms. The summed E-state index contributed by atoms with van der Waals surface area (Å²) in [4.78, 5) is 11.3. The molecule has 1 aromatic rings. The van der Waals surface area contributed by atoms with E-state index < -0.39 is 12.4 Å². The maximum Gasteiger partial charge on any atom is 0.181 e. The second-order valence-corrected chi connectivity index (χ2v) is 8.49. The highest BCUT2D eigenvalue weighted by molar-refractivity contribution is 6.34. The van der Waals surface area contributed by atoms with Crippen LogP contribution < -0.4 is 0 Å². The van der Waals surface area contributed by atoms with Crippen LogP contribution in [0.3, 0.4) is 0 Å². The maximum atomic E-state index is 11.3. The molecule has 2 N–H and O–H groups in total. The first-order chi connectivity index (χ1) is 13.0. The Kier molecular flexibility index (Phi) is 5.04. The van der Waals surface area contributed by atoms with E-state index in [-0.39, 0.29) is 10.8 Å². The van der Waals surface area contributed by atoms with Crippen LogP contribution in [0, 0.1) is 23.7 Å². The number of ketones is 1. The normalized spacial score (nSPS) is 28.8. The number of hydrogen-bond donors (Lipinski definition) is 2. The molecule has 0 unspecified atom stereocenters. The van der Waals surface area contributed by atoms with Crippen molar-refractivity contribution in [1.82, 2.24) is 0 Å². The van der Waals surface area contributed by atoms with Crippen molar-refractivity contribution in [2.45, 2.75) is 32.1 Å². The van der Waals surface area contributed by atoms with E-state index in [0.717, 1.165) is 17.6 Å². The lowest BCUT2D eigenvalue weighted by molar-refractivity contribution is -0.117. The Labute approximate surface area is 164 Å². The van der Waals surface area contributed by atoms with Crippen LogP contribution in [-0.4, -0.2) is 29.7 Å². The number of carbonyl (C=O) groups excluding carboxylic acids is 1. The Morgan fingerprint density at radius 1 is 1.19 bits per heavy atom. The maximum absolute atomic E-state index is 11.3. The summed E-state index contributed by atoms with van der Waals surface area (Å²) in [6.07, 6.45) is 9.04. The average molecular weight is 389 g/mol. The lowest BCUT2D eigenvalue weighted by atomic mass is 9.54. The quantitative estimate of drug-likeness (QED) is 0.578. The van der Waals surface area contributed by atoms with Gasteiger partial charge in [-0.2, -0.15) is 0 Å². The SMILES string of the molecule is COC(=C1C2CC3CC(C2)CC1C3)c1ccc(/C=C/C(=O)CO)c(O)c1Cl. The Morgan fingerprint density at radius 2 is 1.81 bits per heavy atom. The minimum atomic E-state index is -0.562. The number of aromatic hydroxyl groups is 1. The highest BCUT2D eigenvalue weighted by atomic mass is 35.5. The van der Waals surface area contributed by atoms with Crippen molar-refractivity contribution in [1.29, 1.82) is 0 Å². The van der Waals surface area contributed by atoms with Gasteiger partial charge >= 0.3 is 0 Å². The Bertz CT molecular complexity index is 794. The van der Waals surface area contributed by atoms with Gasteiger partial charge in [0.25, 0.3) is 0 Å². The molecule has 0 saturated heterocycles. The molecule has 0 heterocycles. The van der Waals surface area contributed by atoms with Gasteiger partial charge in [0, 0.05) is 11.1 Å². The molecule has 0 amide bonds. The van der Waals surface area contributed by atoms with Crippen LogP contribution in [0.4, 0.5) is 0 Å². The van der Waals surface area contributed by atoms with Crippen LogP contribution in [0.1, 0.15) is 43.2 Å². The van der Waals surface area contributed by atoms with E-state index in [1.54, 1.807) is 13.2 Å². The number of hydrogen-bond acceptors (Lipinski definition) is 4. The highest BCUT2D eigenvalue weighted by Crippen LogP contribution is 2.58. The molecule has 5 heteroatoms. The number of methoxy groups -OCH3 is 1. The Morgan fingerprint density at radius 3 is 2.37 bits per heavy atom. The van der Waals surface area contributed by atoms with Crippen molar-refractivity contribution >= 4 is 29.2 Å². The number of allylic oxidation sites excluding steroid dienone is 1. The molecule has 4 fully saturated rings. The third kappa shape index (κ3) is 3.30. The largest absolute Gasteiger partial charge is 0.506 e. The summed E-state index contributed by atoms with van der Waals surface area (Å²) in [6.45, 7) is -0.562. The minimum Gasteiger partial charge on any atom is -0.506 e. The van der Waals surface area contributed by atoms with E-state index in [2.05, 4.69) is 0 Å². The van der Waals surface area contributed by atoms with Crippen molar-refractivity contribution in [3.63, 3.8) is 0 Å². The molecule has 0 aliphatic heterocycles. The number of benzene rings is 1. The summed E-state index contributed by atoms with van der Waals surface area (Å²) >= 11 is 6.50. The number of aliphatic hydroxyl groups is 1. The molecule has 144 valence electrons. The van der Waals surface area contributed by atoms with E-state index in [0.29, 0.717) is 23.0 Å². The summed E-state index contributed by atoms with van der Waals surface area (Å²) in [5.41, 5.74) is 2.53. The van der Waals surface area contributed by atoms with Gasteiger partial charge in [-0.15, -0.1) is 0 Å². The van der Waals surface area contributed by atoms with Gasteiger partial charge in [-0.3, -0.25) is 4.79 Å². The summed E-state index contributed by atoms with van der Waals surface area (Å²) in [5.74, 6) is 3.15. The number of rotatable bonds is 5. The summed E-state index contributed by atoms with van der Waals surface area (Å²) in [5, 5.41) is 19.6. The molecule has 5 rings (SSSR count). The smallest absolute Gasteiger partial charge is 0.181 e. The van der Waals surface area contributed by atoms with Gasteiger partial charge in [0.2, 0.25) is 0 Å². The predicted octanol–water partition coefficient (Wildman–Crippen LogP) is 4.43. The topological polar surface area (TPSA) is 66.8 Å². The molecule has 0 radical (unpaired) electrons. The van der Waals surface area contributed by atoms with Crippen molar-refractivity contribution in [3.05, 3.63) is 39.9 Å². The number of phenolic OH excluding ortho intramolecular Hbond substituents is 1. The van der Waals surface area contributed by atoms with Crippen LogP contribution in [0.5, 0.6) is 5.75 Å². The molecule has 4 saturated carbocycles. The van der Waals surface area contributed by atoms with Gasteiger partial charge in [-0.05, 0) is 79.6 Å². The van der Waals surface area contributed by atoms with Crippen molar-refractivity contribution < 1.29 is 19.7 Å². The van der Waals surface area contributed by atoms with Crippen LogP contribution in [0.15, 0.2) is 23.8 Å². The fourth-order valence-electron chi connectivity index (χ4n) is 5.57. The fraction of sp³-hybridized carbons (Fsp3) is 0.500. The summed E-state index contributed by atoms with van der Waals surface area (Å²) < 4.78 is 5.83. The highest BCUT2D eigenvalue weighted by Gasteiger charge is 2.46. The molecule has 27 heavy (non-hydrogen) atoms. The zero-order valence-corrected chi connectivity index (χ0v) is 16.2. The van der Waals surface area contributed by atoms with E-state index in [4.69, 9.17) is 21.4 Å². The van der Waals surface area contributed by atoms with E-state index in [1.165, 1.54) is 49.8 Å². The van der Waals surface area contributed by atoms with Gasteiger partial charge in [-0.1, -0.05) is 17.7 Å². The van der Waals surface area contributed by atoms with Gasteiger partial charge < -0.3 is 14.9 Å². The van der Waals surface area contributed by atoms with Crippen LogP contribution in [0.2, 0.25) is 5.02 Å². The van der Waals surface area contributed by atoms with Gasteiger partial charge in [0.15, 0.2) is 5.78 Å². The fourth-order valence-corrected chi connectivity index (χ4v) is 5.83. The zero-order chi connectivity index (χ0) is 19.1. The summed E-state index contributed by atoms with van der Waals surface area (Å²) in [6, 6.07) is 3.58. The van der Waals surface area contributed by atoms with Crippen LogP contribution in [-0.2, 0) is 9.53 Å². The Hall–Kier alpha value is -1.78. The number of ether oxygens (including phenoxy) is 1. The summed E-state index contributed by atoms with van der Waals surface area (Å²) in [7, 11) is 1.68. The number of halogens is 1. The second kappa shape index (κ2) is 7.33. The molecule has 0 aromatic heterocycles. The molecular weight excluding hydrogens is 364 g/mol. The van der Waals surface area contributed by atoms with E-state index >= 15 is 0 Å². The molecule has 0 atom stereocenters.